The number of benzene rings is 1. The normalized spacial score (nSPS) is 10.3. The van der Waals surface area contributed by atoms with Gasteiger partial charge in [0.2, 0.25) is 0 Å². The fourth-order valence-corrected chi connectivity index (χ4v) is 1.98. The van der Waals surface area contributed by atoms with E-state index < -0.39 is 0 Å². The number of aromatic nitrogens is 2. The lowest BCUT2D eigenvalue weighted by molar-refractivity contribution is 0.251. The molecule has 0 unspecified atom stereocenters. The van der Waals surface area contributed by atoms with Crippen molar-refractivity contribution in [2.24, 2.45) is 0 Å². The van der Waals surface area contributed by atoms with Crippen LogP contribution in [0.25, 0.3) is 0 Å². The summed E-state index contributed by atoms with van der Waals surface area (Å²) in [4.78, 5) is 23.2. The lowest BCUT2D eigenvalue weighted by atomic mass is 10.1. The summed E-state index contributed by atoms with van der Waals surface area (Å²) in [6, 6.07) is 8.59. The number of carbonyl (C=O) groups excluding carboxylic acids is 1. The highest BCUT2D eigenvalue weighted by molar-refractivity contribution is 5.89. The van der Waals surface area contributed by atoms with Gasteiger partial charge in [0.15, 0.2) is 0 Å². The molecule has 2 rings (SSSR count). The molecule has 6 heteroatoms. The number of amides is 2. The molecule has 0 spiro atoms. The second-order valence-electron chi connectivity index (χ2n) is 5.12. The molecule has 1 heterocycles. The molecule has 0 aliphatic heterocycles. The first-order valence-corrected chi connectivity index (χ1v) is 7.20. The number of hydrogen-bond donors (Lipinski definition) is 2. The standard InChI is InChI=1S/C16H20N4O2/c1-12-6-7-14(11-13(12)2)19-16(22)17-8-4-10-20-15(21)5-3-9-18-20/h3,5-7,9,11H,4,8,10H2,1-2H3,(H2,17,19,22). The van der Waals surface area contributed by atoms with E-state index in [4.69, 9.17) is 0 Å². The Morgan fingerprint density at radius 2 is 2.05 bits per heavy atom. The highest BCUT2D eigenvalue weighted by Crippen LogP contribution is 2.13. The van der Waals surface area contributed by atoms with Crippen LogP contribution in [0.3, 0.4) is 0 Å². The van der Waals surface area contributed by atoms with E-state index in [0.29, 0.717) is 19.5 Å². The van der Waals surface area contributed by atoms with Crippen LogP contribution in [0.4, 0.5) is 10.5 Å². The van der Waals surface area contributed by atoms with Crippen molar-refractivity contribution in [3.05, 3.63) is 58.0 Å². The van der Waals surface area contributed by atoms with Crippen molar-refractivity contribution in [3.8, 4) is 0 Å². The lowest BCUT2D eigenvalue weighted by Crippen LogP contribution is -2.31. The minimum absolute atomic E-state index is 0.137. The topological polar surface area (TPSA) is 76.0 Å². The van der Waals surface area contributed by atoms with Crippen LogP contribution >= 0.6 is 0 Å². The van der Waals surface area contributed by atoms with Gasteiger partial charge in [-0.05, 0) is 49.6 Å². The van der Waals surface area contributed by atoms with Gasteiger partial charge in [-0.25, -0.2) is 9.48 Å². The lowest BCUT2D eigenvalue weighted by Gasteiger charge is -2.09. The smallest absolute Gasteiger partial charge is 0.319 e. The molecule has 0 aliphatic rings. The van der Waals surface area contributed by atoms with Crippen molar-refractivity contribution >= 4 is 11.7 Å². The SMILES string of the molecule is Cc1ccc(NC(=O)NCCCn2ncccc2=O)cc1C. The molecule has 2 N–H and O–H groups in total. The number of nitrogens with zero attached hydrogens (tertiary/aromatic N) is 2. The molecule has 0 aliphatic carbocycles. The molecule has 6 nitrogen and oxygen atoms in total. The van der Waals surface area contributed by atoms with Crippen molar-refractivity contribution < 1.29 is 4.79 Å². The van der Waals surface area contributed by atoms with Crippen LogP contribution in [0.15, 0.2) is 41.3 Å². The van der Waals surface area contributed by atoms with Crippen LogP contribution in [-0.4, -0.2) is 22.4 Å². The molecular formula is C16H20N4O2. The monoisotopic (exact) mass is 300 g/mol. The van der Waals surface area contributed by atoms with Crippen LogP contribution in [0.2, 0.25) is 0 Å². The van der Waals surface area contributed by atoms with E-state index in [-0.39, 0.29) is 11.6 Å². The van der Waals surface area contributed by atoms with Gasteiger partial charge in [0.05, 0.1) is 0 Å². The quantitative estimate of drug-likeness (QED) is 0.830. The molecule has 0 saturated heterocycles. The minimum atomic E-state index is -0.253. The molecule has 0 saturated carbocycles. The maximum absolute atomic E-state index is 11.8. The molecule has 22 heavy (non-hydrogen) atoms. The van der Waals surface area contributed by atoms with E-state index >= 15 is 0 Å². The van der Waals surface area contributed by atoms with Crippen molar-refractivity contribution in [3.63, 3.8) is 0 Å². The zero-order valence-corrected chi connectivity index (χ0v) is 12.8. The zero-order valence-electron chi connectivity index (χ0n) is 12.8. The molecule has 0 bridgehead atoms. The van der Waals surface area contributed by atoms with Crippen LogP contribution in [0.1, 0.15) is 17.5 Å². The highest BCUT2D eigenvalue weighted by Gasteiger charge is 2.02. The summed E-state index contributed by atoms with van der Waals surface area (Å²) in [5, 5.41) is 9.50. The Hall–Kier alpha value is -2.63. The van der Waals surface area contributed by atoms with E-state index in [1.807, 2.05) is 32.0 Å². The van der Waals surface area contributed by atoms with E-state index in [0.717, 1.165) is 11.3 Å². The maximum Gasteiger partial charge on any atom is 0.319 e. The molecule has 0 radical (unpaired) electrons. The largest absolute Gasteiger partial charge is 0.338 e. The predicted molar refractivity (Wildman–Crippen MR) is 86.1 cm³/mol. The van der Waals surface area contributed by atoms with Crippen LogP contribution in [0, 0.1) is 13.8 Å². The van der Waals surface area contributed by atoms with Gasteiger partial charge in [0.1, 0.15) is 0 Å². The number of anilines is 1. The van der Waals surface area contributed by atoms with Gasteiger partial charge >= 0.3 is 6.03 Å². The highest BCUT2D eigenvalue weighted by atomic mass is 16.2. The van der Waals surface area contributed by atoms with Crippen LogP contribution < -0.4 is 16.2 Å². The molecule has 0 fully saturated rings. The van der Waals surface area contributed by atoms with E-state index in [9.17, 15) is 9.59 Å². The number of carbonyl (C=O) groups is 1. The minimum Gasteiger partial charge on any atom is -0.338 e. The van der Waals surface area contributed by atoms with Gasteiger partial charge in [-0.2, -0.15) is 5.10 Å². The summed E-state index contributed by atoms with van der Waals surface area (Å²) >= 11 is 0. The predicted octanol–water partition coefficient (Wildman–Crippen LogP) is 2.07. The van der Waals surface area contributed by atoms with Crippen LogP contribution in [0.5, 0.6) is 0 Å². The van der Waals surface area contributed by atoms with E-state index in [1.165, 1.54) is 16.3 Å². The summed E-state index contributed by atoms with van der Waals surface area (Å²) < 4.78 is 1.38. The van der Waals surface area contributed by atoms with Crippen molar-refractivity contribution in [1.29, 1.82) is 0 Å². The fraction of sp³-hybridized carbons (Fsp3) is 0.312. The van der Waals surface area contributed by atoms with Gasteiger partial charge in [-0.3, -0.25) is 4.79 Å². The van der Waals surface area contributed by atoms with Crippen molar-refractivity contribution in [1.82, 2.24) is 15.1 Å². The van der Waals surface area contributed by atoms with E-state index in [2.05, 4.69) is 15.7 Å². The van der Waals surface area contributed by atoms with E-state index in [1.54, 1.807) is 12.3 Å². The molecule has 1 aromatic heterocycles. The first-order valence-electron chi connectivity index (χ1n) is 7.20. The van der Waals surface area contributed by atoms with Gasteiger partial charge in [0.25, 0.3) is 5.56 Å². The van der Waals surface area contributed by atoms with Crippen molar-refractivity contribution in [2.45, 2.75) is 26.8 Å². The molecular weight excluding hydrogens is 280 g/mol. The fourth-order valence-electron chi connectivity index (χ4n) is 1.98. The Morgan fingerprint density at radius 3 is 2.77 bits per heavy atom. The van der Waals surface area contributed by atoms with Crippen molar-refractivity contribution in [2.75, 3.05) is 11.9 Å². The van der Waals surface area contributed by atoms with Gasteiger partial charge < -0.3 is 10.6 Å². The second kappa shape index (κ2) is 7.40. The molecule has 1 aromatic carbocycles. The summed E-state index contributed by atoms with van der Waals surface area (Å²) in [5.41, 5.74) is 2.95. The van der Waals surface area contributed by atoms with Gasteiger partial charge in [0, 0.05) is 31.0 Å². The van der Waals surface area contributed by atoms with Gasteiger partial charge in [-0.1, -0.05) is 6.07 Å². The summed E-state index contributed by atoms with van der Waals surface area (Å²) in [7, 11) is 0. The average Bonchev–Trinajstić information content (AvgIpc) is 2.49. The molecule has 2 amide bonds. The first-order chi connectivity index (χ1) is 10.6. The number of nitrogens with one attached hydrogen (secondary N) is 2. The van der Waals surface area contributed by atoms with Gasteiger partial charge in [-0.15, -0.1) is 0 Å². The first kappa shape index (κ1) is 15.8. The number of hydrogen-bond acceptors (Lipinski definition) is 3. The van der Waals surface area contributed by atoms with Crippen LogP contribution in [-0.2, 0) is 6.54 Å². The number of rotatable bonds is 5. The molecule has 116 valence electrons. The summed E-state index contributed by atoms with van der Waals surface area (Å²) in [5.74, 6) is 0. The summed E-state index contributed by atoms with van der Waals surface area (Å²) in [6.07, 6.45) is 2.21. The number of aryl methyl sites for hydroxylation is 3. The molecule has 2 aromatic rings. The Bertz CT molecular complexity index is 709. The third-order valence-corrected chi connectivity index (χ3v) is 3.38. The zero-order chi connectivity index (χ0) is 15.9. The Kier molecular flexibility index (Phi) is 5.30. The maximum atomic E-state index is 11.8. The summed E-state index contributed by atoms with van der Waals surface area (Å²) in [6.45, 7) is 4.98. The average molecular weight is 300 g/mol. The Balaban J connectivity index is 1.75. The third-order valence-electron chi connectivity index (χ3n) is 3.38. The Labute approximate surface area is 129 Å². The molecule has 0 atom stereocenters. The number of urea groups is 1. The third kappa shape index (κ3) is 4.44. The Morgan fingerprint density at radius 1 is 1.23 bits per heavy atom. The second-order valence-corrected chi connectivity index (χ2v) is 5.12.